The fourth-order valence-corrected chi connectivity index (χ4v) is 4.61. The van der Waals surface area contributed by atoms with E-state index in [1.54, 1.807) is 12.3 Å². The number of rotatable bonds is 4. The zero-order chi connectivity index (χ0) is 22.2. The summed E-state index contributed by atoms with van der Waals surface area (Å²) >= 11 is 0. The lowest BCUT2D eigenvalue weighted by molar-refractivity contribution is 0.110. The lowest BCUT2D eigenvalue weighted by Gasteiger charge is -2.21. The lowest BCUT2D eigenvalue weighted by atomic mass is 9.90. The molecule has 1 aliphatic heterocycles. The SMILES string of the molecule is CCNC(=O)Nc1nc2c(C3CCCO3)c(F)c(-c3cnc4c(c3)C(O)CCC4)cc2[nH]1. The molecule has 1 fully saturated rings. The molecule has 2 atom stereocenters. The largest absolute Gasteiger partial charge is 0.388 e. The van der Waals surface area contributed by atoms with Crippen LogP contribution in [-0.4, -0.2) is 39.2 Å². The summed E-state index contributed by atoms with van der Waals surface area (Å²) in [6.45, 7) is 2.86. The van der Waals surface area contributed by atoms with Crippen LogP contribution in [-0.2, 0) is 11.2 Å². The van der Waals surface area contributed by atoms with E-state index >= 15 is 4.39 Å². The molecule has 2 aromatic heterocycles. The Hall–Kier alpha value is -3.04. The third-order valence-electron chi connectivity index (χ3n) is 6.13. The van der Waals surface area contributed by atoms with Crippen LogP contribution in [0.15, 0.2) is 18.3 Å². The average Bonchev–Trinajstić information content (AvgIpc) is 3.43. The van der Waals surface area contributed by atoms with Crippen molar-refractivity contribution < 1.29 is 19.0 Å². The Morgan fingerprint density at radius 1 is 1.34 bits per heavy atom. The normalized spacial score (nSPS) is 20.3. The van der Waals surface area contributed by atoms with Crippen LogP contribution in [0.2, 0.25) is 0 Å². The Morgan fingerprint density at radius 3 is 3.00 bits per heavy atom. The van der Waals surface area contributed by atoms with E-state index in [2.05, 4.69) is 25.6 Å². The van der Waals surface area contributed by atoms with Gasteiger partial charge in [-0.2, -0.15) is 0 Å². The van der Waals surface area contributed by atoms with Crippen LogP contribution >= 0.6 is 0 Å². The summed E-state index contributed by atoms with van der Waals surface area (Å²) in [5, 5.41) is 15.7. The molecule has 32 heavy (non-hydrogen) atoms. The number of hydrogen-bond donors (Lipinski definition) is 4. The van der Waals surface area contributed by atoms with Gasteiger partial charge in [-0.1, -0.05) is 0 Å². The van der Waals surface area contributed by atoms with E-state index in [4.69, 9.17) is 4.74 Å². The Balaban J connectivity index is 1.64. The maximum absolute atomic E-state index is 15.9. The average molecular weight is 439 g/mol. The zero-order valence-electron chi connectivity index (χ0n) is 17.9. The first kappa shape index (κ1) is 20.8. The quantitative estimate of drug-likeness (QED) is 0.488. The molecule has 8 nitrogen and oxygen atoms in total. The highest BCUT2D eigenvalue weighted by Crippen LogP contribution is 2.40. The van der Waals surface area contributed by atoms with Crippen molar-refractivity contribution in [2.45, 2.75) is 51.2 Å². The molecule has 168 valence electrons. The van der Waals surface area contributed by atoms with E-state index in [0.29, 0.717) is 53.7 Å². The summed E-state index contributed by atoms with van der Waals surface area (Å²) < 4.78 is 21.7. The maximum atomic E-state index is 15.9. The molecule has 1 aliphatic carbocycles. The molecule has 0 bridgehead atoms. The molecule has 3 aromatic rings. The minimum atomic E-state index is -0.587. The van der Waals surface area contributed by atoms with Gasteiger partial charge >= 0.3 is 6.03 Å². The van der Waals surface area contributed by atoms with E-state index in [0.717, 1.165) is 30.5 Å². The Morgan fingerprint density at radius 2 is 2.22 bits per heavy atom. The summed E-state index contributed by atoms with van der Waals surface area (Å²) in [5.41, 5.74) is 4.00. The summed E-state index contributed by atoms with van der Waals surface area (Å²) in [5.74, 6) is -0.173. The van der Waals surface area contributed by atoms with E-state index < -0.39 is 24.1 Å². The van der Waals surface area contributed by atoms with Crippen LogP contribution in [0.4, 0.5) is 15.1 Å². The number of aliphatic hydroxyl groups is 1. The number of aliphatic hydroxyl groups excluding tert-OH is 1. The van der Waals surface area contributed by atoms with E-state index in [1.807, 2.05) is 13.0 Å². The van der Waals surface area contributed by atoms with Crippen molar-refractivity contribution in [3.05, 3.63) is 41.0 Å². The van der Waals surface area contributed by atoms with Gasteiger partial charge in [0.05, 0.1) is 23.2 Å². The first-order valence-electron chi connectivity index (χ1n) is 11.1. The Kier molecular flexibility index (Phi) is 5.52. The van der Waals surface area contributed by atoms with Crippen molar-refractivity contribution in [1.29, 1.82) is 0 Å². The number of hydrogen-bond acceptors (Lipinski definition) is 5. The predicted molar refractivity (Wildman–Crippen MR) is 118 cm³/mol. The number of aromatic nitrogens is 3. The number of pyridine rings is 1. The number of carbonyl (C=O) groups excluding carboxylic acids is 1. The number of amides is 2. The standard InChI is InChI=1S/C23H26FN5O3/c1-2-25-23(31)29-22-27-16-10-13(12-9-14-15(26-11-12)5-3-6-17(14)30)20(24)19(21(16)28-22)18-7-4-8-32-18/h9-11,17-18,30H,2-8H2,1H3,(H3,25,27,28,29,31). The number of nitrogens with zero attached hydrogens (tertiary/aromatic N) is 2. The van der Waals surface area contributed by atoms with Gasteiger partial charge in [-0.3, -0.25) is 10.3 Å². The van der Waals surface area contributed by atoms with Crippen LogP contribution in [0.1, 0.15) is 61.6 Å². The molecule has 2 unspecified atom stereocenters. The van der Waals surface area contributed by atoms with Gasteiger partial charge in [0.1, 0.15) is 5.82 Å². The van der Waals surface area contributed by atoms with Crippen molar-refractivity contribution >= 4 is 23.0 Å². The smallest absolute Gasteiger partial charge is 0.321 e. The summed E-state index contributed by atoms with van der Waals surface area (Å²) in [6, 6.07) is 3.12. The number of carbonyl (C=O) groups is 1. The van der Waals surface area contributed by atoms with Crippen molar-refractivity contribution in [3.63, 3.8) is 0 Å². The highest BCUT2D eigenvalue weighted by Gasteiger charge is 2.29. The Labute approximate surface area is 184 Å². The summed E-state index contributed by atoms with van der Waals surface area (Å²) in [7, 11) is 0. The number of halogens is 1. The number of aryl methyl sites for hydroxylation is 1. The van der Waals surface area contributed by atoms with Gasteiger partial charge in [0.25, 0.3) is 0 Å². The van der Waals surface area contributed by atoms with Gasteiger partial charge < -0.3 is 20.1 Å². The number of benzene rings is 1. The lowest BCUT2D eigenvalue weighted by Crippen LogP contribution is -2.28. The van der Waals surface area contributed by atoms with Gasteiger partial charge in [-0.25, -0.2) is 14.2 Å². The highest BCUT2D eigenvalue weighted by molar-refractivity contribution is 5.92. The second-order valence-electron chi connectivity index (χ2n) is 8.29. The third kappa shape index (κ3) is 3.71. The van der Waals surface area contributed by atoms with Crippen LogP contribution in [0.5, 0.6) is 0 Å². The number of ether oxygens (including phenoxy) is 1. The van der Waals surface area contributed by atoms with Gasteiger partial charge in [0, 0.05) is 47.3 Å². The minimum Gasteiger partial charge on any atom is -0.388 e. The third-order valence-corrected chi connectivity index (χ3v) is 6.13. The number of fused-ring (bicyclic) bond motifs is 2. The second kappa shape index (κ2) is 8.48. The van der Waals surface area contributed by atoms with Crippen molar-refractivity contribution in [1.82, 2.24) is 20.3 Å². The summed E-state index contributed by atoms with van der Waals surface area (Å²) in [4.78, 5) is 24.0. The zero-order valence-corrected chi connectivity index (χ0v) is 17.9. The first-order valence-corrected chi connectivity index (χ1v) is 11.1. The molecule has 0 saturated carbocycles. The van der Waals surface area contributed by atoms with E-state index in [-0.39, 0.29) is 5.95 Å². The fourth-order valence-electron chi connectivity index (χ4n) is 4.61. The molecular formula is C23H26FN5O3. The second-order valence-corrected chi connectivity index (χ2v) is 8.29. The molecule has 1 aromatic carbocycles. The minimum absolute atomic E-state index is 0.237. The number of H-pyrrole nitrogens is 1. The first-order chi connectivity index (χ1) is 15.5. The highest BCUT2D eigenvalue weighted by atomic mass is 19.1. The molecule has 3 heterocycles. The van der Waals surface area contributed by atoms with E-state index in [1.165, 1.54) is 0 Å². The maximum Gasteiger partial charge on any atom is 0.321 e. The molecule has 0 radical (unpaired) electrons. The van der Waals surface area contributed by atoms with Gasteiger partial charge in [0.2, 0.25) is 5.95 Å². The van der Waals surface area contributed by atoms with Crippen molar-refractivity contribution in [2.75, 3.05) is 18.5 Å². The molecule has 1 saturated heterocycles. The number of anilines is 1. The number of urea groups is 1. The van der Waals surface area contributed by atoms with Crippen molar-refractivity contribution in [2.24, 2.45) is 0 Å². The van der Waals surface area contributed by atoms with Gasteiger partial charge in [-0.15, -0.1) is 0 Å². The molecule has 0 spiro atoms. The van der Waals surface area contributed by atoms with Crippen LogP contribution in [0.3, 0.4) is 0 Å². The van der Waals surface area contributed by atoms with Gasteiger partial charge in [0.15, 0.2) is 0 Å². The summed E-state index contributed by atoms with van der Waals surface area (Å²) in [6.07, 6.45) is 4.58. The fraction of sp³-hybridized carbons (Fsp3) is 0.435. The molecule has 5 rings (SSSR count). The Bertz CT molecular complexity index is 1170. The molecule has 9 heteroatoms. The van der Waals surface area contributed by atoms with Gasteiger partial charge in [-0.05, 0) is 51.2 Å². The monoisotopic (exact) mass is 439 g/mol. The molecular weight excluding hydrogens is 413 g/mol. The van der Waals surface area contributed by atoms with Crippen LogP contribution in [0.25, 0.3) is 22.2 Å². The van der Waals surface area contributed by atoms with Crippen LogP contribution in [0, 0.1) is 5.82 Å². The molecule has 4 N–H and O–H groups in total. The van der Waals surface area contributed by atoms with Crippen LogP contribution < -0.4 is 10.6 Å². The topological polar surface area (TPSA) is 112 Å². The predicted octanol–water partition coefficient (Wildman–Crippen LogP) is 4.13. The number of imidazole rings is 1. The number of aromatic amines is 1. The van der Waals surface area contributed by atoms with Crippen molar-refractivity contribution in [3.8, 4) is 11.1 Å². The van der Waals surface area contributed by atoms with E-state index in [9.17, 15) is 9.90 Å². The molecule has 2 amide bonds. The number of nitrogens with one attached hydrogen (secondary N) is 3. The molecule has 2 aliphatic rings.